The predicted molar refractivity (Wildman–Crippen MR) is 158 cm³/mol. The number of nitrogens with zero attached hydrogens (tertiary/aromatic N) is 1. The second-order valence-corrected chi connectivity index (χ2v) is 13.4. The number of carbonyl (C=O) groups excluding carboxylic acids is 2. The number of benzene rings is 3. The van der Waals surface area contributed by atoms with Gasteiger partial charge in [-0.2, -0.15) is 0 Å². The van der Waals surface area contributed by atoms with Gasteiger partial charge in [-0.15, -0.1) is 0 Å². The molecule has 0 N–H and O–H groups in total. The molecule has 0 aliphatic carbocycles. The molecule has 3 rings (SSSR count). The van der Waals surface area contributed by atoms with Gasteiger partial charge in [0.05, 0.1) is 10.9 Å². The maximum atomic E-state index is 12.1. The molecule has 3 aromatic rings. The molecule has 8 heteroatoms. The number of rotatable bonds is 10. The molecule has 0 spiro atoms. The van der Waals surface area contributed by atoms with E-state index in [9.17, 15) is 9.59 Å². The van der Waals surface area contributed by atoms with E-state index in [1.807, 2.05) is 104 Å². The standard InChI is InChI=1S/C32H40NO6S/c1-31(2,3)38-29(34)21-36-24-12-16-26(17-13-24)40(28-11-9-10-23(20-28)33(7)8)27-18-14-25(15-19-27)37-22-30(35)39-32(4,5)6/h9-20H,21-22H2,1-8H3/q+1. The van der Waals surface area contributed by atoms with Crippen molar-refractivity contribution in [2.75, 3.05) is 32.2 Å². The zero-order valence-corrected chi connectivity index (χ0v) is 25.5. The molecule has 0 fully saturated rings. The third kappa shape index (κ3) is 9.83. The van der Waals surface area contributed by atoms with Gasteiger partial charge in [-0.05, 0) is 102 Å². The number of ether oxygens (including phenoxy) is 4. The van der Waals surface area contributed by atoms with Crippen LogP contribution >= 0.6 is 0 Å². The molecule has 0 atom stereocenters. The lowest BCUT2D eigenvalue weighted by Crippen LogP contribution is -2.27. The molecule has 3 aromatic carbocycles. The number of hydrogen-bond donors (Lipinski definition) is 0. The summed E-state index contributed by atoms with van der Waals surface area (Å²) in [5.74, 6) is 0.355. The molecular weight excluding hydrogens is 526 g/mol. The summed E-state index contributed by atoms with van der Waals surface area (Å²) in [5.41, 5.74) is -0.0174. The Balaban J connectivity index is 1.82. The minimum absolute atomic E-state index is 0.155. The van der Waals surface area contributed by atoms with Crippen molar-refractivity contribution in [2.45, 2.75) is 67.4 Å². The zero-order valence-electron chi connectivity index (χ0n) is 24.6. The van der Waals surface area contributed by atoms with Crippen LogP contribution in [0.25, 0.3) is 0 Å². The number of esters is 2. The minimum atomic E-state index is -0.559. The van der Waals surface area contributed by atoms with Crippen molar-refractivity contribution in [1.29, 1.82) is 0 Å². The Kier molecular flexibility index (Phi) is 10.1. The molecule has 0 amide bonds. The number of anilines is 1. The van der Waals surface area contributed by atoms with Gasteiger partial charge in [0.1, 0.15) is 22.7 Å². The lowest BCUT2D eigenvalue weighted by atomic mass is 10.2. The predicted octanol–water partition coefficient (Wildman–Crippen LogP) is 6.29. The lowest BCUT2D eigenvalue weighted by Gasteiger charge is -2.19. The molecule has 40 heavy (non-hydrogen) atoms. The first kappa shape index (κ1) is 30.9. The van der Waals surface area contributed by atoms with Crippen molar-refractivity contribution < 1.29 is 28.5 Å². The van der Waals surface area contributed by atoms with Gasteiger partial charge in [0.15, 0.2) is 27.9 Å². The van der Waals surface area contributed by atoms with Gasteiger partial charge >= 0.3 is 11.9 Å². The summed E-state index contributed by atoms with van der Waals surface area (Å²) in [4.78, 5) is 29.5. The van der Waals surface area contributed by atoms with Gasteiger partial charge in [0, 0.05) is 25.8 Å². The Hall–Kier alpha value is -3.65. The van der Waals surface area contributed by atoms with Crippen molar-refractivity contribution >= 4 is 28.5 Å². The largest absolute Gasteiger partial charge is 0.482 e. The van der Waals surface area contributed by atoms with Crippen molar-refractivity contribution in [1.82, 2.24) is 0 Å². The van der Waals surface area contributed by atoms with Crippen LogP contribution in [-0.4, -0.2) is 50.4 Å². The Morgan fingerprint density at radius 2 is 1.07 bits per heavy atom. The monoisotopic (exact) mass is 566 g/mol. The van der Waals surface area contributed by atoms with Crippen LogP contribution < -0.4 is 14.4 Å². The molecule has 0 unspecified atom stereocenters. The highest BCUT2D eigenvalue weighted by atomic mass is 32.2. The van der Waals surface area contributed by atoms with Gasteiger partial charge in [0.25, 0.3) is 0 Å². The molecule has 0 radical (unpaired) electrons. The van der Waals surface area contributed by atoms with Crippen LogP contribution in [0.1, 0.15) is 41.5 Å². The molecule has 214 valence electrons. The third-order valence-corrected chi connectivity index (χ3v) is 7.45. The molecule has 0 saturated heterocycles. The van der Waals surface area contributed by atoms with Crippen molar-refractivity contribution in [3.63, 3.8) is 0 Å². The second kappa shape index (κ2) is 13.1. The first-order valence-corrected chi connectivity index (χ1v) is 14.3. The molecule has 0 aliphatic rings. The Morgan fingerprint density at radius 3 is 1.45 bits per heavy atom. The van der Waals surface area contributed by atoms with Crippen LogP contribution in [0.2, 0.25) is 0 Å². The highest BCUT2D eigenvalue weighted by Gasteiger charge is 2.29. The summed E-state index contributed by atoms with van der Waals surface area (Å²) in [7, 11) is 3.61. The molecular formula is C32H40NO6S+. The van der Waals surface area contributed by atoms with E-state index >= 15 is 0 Å². The number of hydrogen-bond acceptors (Lipinski definition) is 7. The van der Waals surface area contributed by atoms with Gasteiger partial charge in [0.2, 0.25) is 0 Å². The summed E-state index contributed by atoms with van der Waals surface area (Å²) in [6, 6.07) is 24.0. The van der Waals surface area contributed by atoms with E-state index < -0.39 is 34.0 Å². The Labute approximate surface area is 240 Å². The van der Waals surface area contributed by atoms with Crippen molar-refractivity contribution in [3.05, 3.63) is 72.8 Å². The first-order valence-electron chi connectivity index (χ1n) is 13.1. The van der Waals surface area contributed by atoms with E-state index in [2.05, 4.69) is 29.2 Å². The fourth-order valence-electron chi connectivity index (χ4n) is 3.67. The third-order valence-electron chi connectivity index (χ3n) is 5.24. The normalized spacial score (nSPS) is 11.6. The van der Waals surface area contributed by atoms with Gasteiger partial charge < -0.3 is 23.8 Å². The van der Waals surface area contributed by atoms with Crippen molar-refractivity contribution in [2.24, 2.45) is 0 Å². The average molecular weight is 567 g/mol. The Bertz CT molecular complexity index is 1200. The molecule has 0 aliphatic heterocycles. The average Bonchev–Trinajstić information content (AvgIpc) is 2.86. The smallest absolute Gasteiger partial charge is 0.344 e. The maximum Gasteiger partial charge on any atom is 0.344 e. The van der Waals surface area contributed by atoms with Crippen LogP contribution in [0, 0.1) is 0 Å². The Morgan fingerprint density at radius 1 is 0.650 bits per heavy atom. The first-order chi connectivity index (χ1) is 18.7. The van der Waals surface area contributed by atoms with E-state index in [1.165, 1.54) is 0 Å². The fourth-order valence-corrected chi connectivity index (χ4v) is 5.75. The minimum Gasteiger partial charge on any atom is -0.482 e. The topological polar surface area (TPSA) is 74.3 Å². The van der Waals surface area contributed by atoms with Gasteiger partial charge in [-0.3, -0.25) is 0 Å². The summed E-state index contributed by atoms with van der Waals surface area (Å²) >= 11 is 0. The number of carbonyl (C=O) groups is 2. The highest BCUT2D eigenvalue weighted by Crippen LogP contribution is 2.34. The van der Waals surface area contributed by atoms with Crippen LogP contribution in [0.15, 0.2) is 87.5 Å². The maximum absolute atomic E-state index is 12.1. The molecule has 0 bridgehead atoms. The molecule has 0 aromatic heterocycles. The summed E-state index contributed by atoms with van der Waals surface area (Å²) in [6.45, 7) is 10.6. The molecule has 0 saturated carbocycles. The quantitative estimate of drug-likeness (QED) is 0.211. The SMILES string of the molecule is CN(C)c1cccc([S+](c2ccc(OCC(=O)OC(C)(C)C)cc2)c2ccc(OCC(=O)OC(C)(C)C)cc2)c1. The van der Waals surface area contributed by atoms with E-state index in [1.54, 1.807) is 0 Å². The fraction of sp³-hybridized carbons (Fsp3) is 0.375. The van der Waals surface area contributed by atoms with E-state index in [0.717, 1.165) is 20.4 Å². The molecule has 0 heterocycles. The van der Waals surface area contributed by atoms with E-state index in [0.29, 0.717) is 11.5 Å². The van der Waals surface area contributed by atoms with Gasteiger partial charge in [-0.25, -0.2) is 9.59 Å². The zero-order chi connectivity index (χ0) is 29.5. The summed E-state index contributed by atoms with van der Waals surface area (Å²) in [6.07, 6.45) is 0. The van der Waals surface area contributed by atoms with Crippen LogP contribution in [0.5, 0.6) is 11.5 Å². The summed E-state index contributed by atoms with van der Waals surface area (Å²) in [5, 5.41) is 0. The van der Waals surface area contributed by atoms with E-state index in [-0.39, 0.29) is 13.2 Å². The summed E-state index contributed by atoms with van der Waals surface area (Å²) < 4.78 is 22.0. The van der Waals surface area contributed by atoms with Gasteiger partial charge in [-0.1, -0.05) is 6.07 Å². The second-order valence-electron chi connectivity index (χ2n) is 11.4. The van der Waals surface area contributed by atoms with Crippen LogP contribution in [0.3, 0.4) is 0 Å². The molecule has 7 nitrogen and oxygen atoms in total. The lowest BCUT2D eigenvalue weighted by molar-refractivity contribution is -0.158. The van der Waals surface area contributed by atoms with Crippen LogP contribution in [-0.2, 0) is 30.0 Å². The van der Waals surface area contributed by atoms with E-state index in [4.69, 9.17) is 18.9 Å². The highest BCUT2D eigenvalue weighted by molar-refractivity contribution is 7.97. The van der Waals surface area contributed by atoms with Crippen LogP contribution in [0.4, 0.5) is 5.69 Å². The van der Waals surface area contributed by atoms with Crippen molar-refractivity contribution in [3.8, 4) is 11.5 Å².